The van der Waals surface area contributed by atoms with Crippen LogP contribution in [-0.4, -0.2) is 31.1 Å². The van der Waals surface area contributed by atoms with Gasteiger partial charge in [0.25, 0.3) is 0 Å². The molecule has 5 nitrogen and oxygen atoms in total. The van der Waals surface area contributed by atoms with Gasteiger partial charge in [0, 0.05) is 32.1 Å². The average molecular weight is 366 g/mol. The minimum Gasteiger partial charge on any atom is -0.444 e. The number of rotatable bonds is 7. The van der Waals surface area contributed by atoms with Crippen LogP contribution in [0.1, 0.15) is 11.3 Å². The Morgan fingerprint density at radius 2 is 1.70 bits per heavy atom. The zero-order valence-electron chi connectivity index (χ0n) is 15.3. The third-order valence-electron chi connectivity index (χ3n) is 4.09. The second-order valence-electron chi connectivity index (χ2n) is 6.06. The van der Waals surface area contributed by atoms with Gasteiger partial charge in [0.1, 0.15) is 12.1 Å². The second kappa shape index (κ2) is 9.52. The Kier molecular flexibility index (Phi) is 6.57. The van der Waals surface area contributed by atoms with E-state index in [0.29, 0.717) is 18.9 Å². The number of hydrogen-bond acceptors (Lipinski definition) is 3. The van der Waals surface area contributed by atoms with Gasteiger partial charge in [-0.15, -0.1) is 0 Å². The second-order valence-corrected chi connectivity index (χ2v) is 6.06. The van der Waals surface area contributed by atoms with Crippen molar-refractivity contribution in [2.24, 2.45) is 4.99 Å². The molecule has 0 saturated carbocycles. The summed E-state index contributed by atoms with van der Waals surface area (Å²) in [6, 6.07) is 16.4. The maximum atomic E-state index is 13.0. The molecule has 2 aromatic carbocycles. The Hall–Kier alpha value is -3.15. The van der Waals surface area contributed by atoms with E-state index >= 15 is 0 Å². The first-order valence-electron chi connectivity index (χ1n) is 8.93. The van der Waals surface area contributed by atoms with E-state index in [1.54, 1.807) is 25.4 Å². The molecule has 0 unspecified atom stereocenters. The highest BCUT2D eigenvalue weighted by molar-refractivity contribution is 5.79. The smallest absolute Gasteiger partial charge is 0.226 e. The predicted octanol–water partition coefficient (Wildman–Crippen LogP) is 3.43. The normalized spacial score (nSPS) is 11.4. The molecule has 0 aliphatic rings. The van der Waals surface area contributed by atoms with E-state index in [4.69, 9.17) is 4.42 Å². The summed E-state index contributed by atoms with van der Waals surface area (Å²) in [5.74, 6) is 0.976. The number of oxazole rings is 1. The first-order chi connectivity index (χ1) is 13.2. The number of aliphatic imine (C=N–C) groups is 1. The van der Waals surface area contributed by atoms with Crippen LogP contribution in [-0.2, 0) is 12.8 Å². The molecule has 0 radical (unpaired) electrons. The van der Waals surface area contributed by atoms with Gasteiger partial charge in [-0.25, -0.2) is 9.37 Å². The van der Waals surface area contributed by atoms with Crippen molar-refractivity contribution in [3.63, 3.8) is 0 Å². The van der Waals surface area contributed by atoms with Crippen LogP contribution in [0.25, 0.3) is 11.5 Å². The number of guanidine groups is 1. The molecule has 1 aromatic heterocycles. The topological polar surface area (TPSA) is 62.5 Å². The first-order valence-corrected chi connectivity index (χ1v) is 8.93. The number of nitrogens with one attached hydrogen (secondary N) is 2. The van der Waals surface area contributed by atoms with E-state index in [1.807, 2.05) is 18.2 Å². The number of halogens is 1. The Morgan fingerprint density at radius 1 is 1.00 bits per heavy atom. The van der Waals surface area contributed by atoms with Crippen molar-refractivity contribution in [1.29, 1.82) is 0 Å². The van der Waals surface area contributed by atoms with Crippen LogP contribution in [0.15, 0.2) is 70.3 Å². The molecule has 0 saturated heterocycles. The van der Waals surface area contributed by atoms with Gasteiger partial charge in [-0.3, -0.25) is 4.99 Å². The summed E-state index contributed by atoms with van der Waals surface area (Å²) in [4.78, 5) is 8.67. The highest BCUT2D eigenvalue weighted by atomic mass is 19.1. The van der Waals surface area contributed by atoms with Crippen LogP contribution in [0, 0.1) is 5.82 Å². The third kappa shape index (κ3) is 5.67. The molecule has 0 aliphatic heterocycles. The minimum absolute atomic E-state index is 0.277. The number of aromatic nitrogens is 1. The zero-order valence-corrected chi connectivity index (χ0v) is 15.3. The fourth-order valence-corrected chi connectivity index (χ4v) is 2.65. The molecule has 0 aliphatic carbocycles. The first kappa shape index (κ1) is 18.6. The van der Waals surface area contributed by atoms with Crippen LogP contribution < -0.4 is 10.6 Å². The van der Waals surface area contributed by atoms with Crippen LogP contribution >= 0.6 is 0 Å². The van der Waals surface area contributed by atoms with Crippen molar-refractivity contribution in [3.8, 4) is 11.5 Å². The molecule has 0 atom stereocenters. The number of benzene rings is 2. The maximum absolute atomic E-state index is 13.0. The quantitative estimate of drug-likeness (QED) is 0.497. The molecule has 1 heterocycles. The molecular weight excluding hydrogens is 343 g/mol. The molecular formula is C21H23FN4O. The molecule has 6 heteroatoms. The van der Waals surface area contributed by atoms with Gasteiger partial charge in [0.05, 0.1) is 5.69 Å². The summed E-state index contributed by atoms with van der Waals surface area (Å²) >= 11 is 0. The molecule has 0 amide bonds. The van der Waals surface area contributed by atoms with E-state index in [2.05, 4.69) is 32.7 Å². The average Bonchev–Trinajstić information content (AvgIpc) is 3.17. The van der Waals surface area contributed by atoms with Gasteiger partial charge in [-0.2, -0.15) is 0 Å². The lowest BCUT2D eigenvalue weighted by Gasteiger charge is -2.11. The minimum atomic E-state index is -0.277. The highest BCUT2D eigenvalue weighted by Crippen LogP contribution is 2.18. The predicted molar refractivity (Wildman–Crippen MR) is 105 cm³/mol. The van der Waals surface area contributed by atoms with E-state index < -0.39 is 0 Å². The third-order valence-corrected chi connectivity index (χ3v) is 4.09. The molecule has 140 valence electrons. The Bertz CT molecular complexity index is 859. The van der Waals surface area contributed by atoms with Gasteiger partial charge < -0.3 is 15.1 Å². The molecule has 3 aromatic rings. The van der Waals surface area contributed by atoms with Crippen LogP contribution in [0.4, 0.5) is 4.39 Å². The van der Waals surface area contributed by atoms with Crippen molar-refractivity contribution in [2.75, 3.05) is 20.1 Å². The molecule has 0 fully saturated rings. The van der Waals surface area contributed by atoms with Crippen LogP contribution in [0.5, 0.6) is 0 Å². The molecule has 3 rings (SSSR count). The lowest BCUT2D eigenvalue weighted by molar-refractivity contribution is 0.571. The Morgan fingerprint density at radius 3 is 2.41 bits per heavy atom. The standard InChI is InChI=1S/C21H23FN4O/c1-23-21(24-13-11-16-5-3-2-4-6-16)25-14-12-19-15-27-20(26-19)17-7-9-18(22)10-8-17/h2-10,15H,11-14H2,1H3,(H2,23,24,25). The number of hydrogen-bond donors (Lipinski definition) is 2. The van der Waals surface area contributed by atoms with Gasteiger partial charge in [0.15, 0.2) is 5.96 Å². The van der Waals surface area contributed by atoms with Crippen LogP contribution in [0.3, 0.4) is 0 Å². The van der Waals surface area contributed by atoms with Gasteiger partial charge >= 0.3 is 0 Å². The Balaban J connectivity index is 1.42. The monoisotopic (exact) mass is 366 g/mol. The van der Waals surface area contributed by atoms with E-state index in [-0.39, 0.29) is 5.82 Å². The molecule has 0 bridgehead atoms. The van der Waals surface area contributed by atoms with Crippen molar-refractivity contribution in [2.45, 2.75) is 12.8 Å². The van der Waals surface area contributed by atoms with Crippen molar-refractivity contribution in [1.82, 2.24) is 15.6 Å². The fraction of sp³-hybridized carbons (Fsp3) is 0.238. The fourth-order valence-electron chi connectivity index (χ4n) is 2.65. The molecule has 2 N–H and O–H groups in total. The highest BCUT2D eigenvalue weighted by Gasteiger charge is 2.07. The summed E-state index contributed by atoms with van der Waals surface area (Å²) in [7, 11) is 1.75. The lowest BCUT2D eigenvalue weighted by atomic mass is 10.1. The summed E-state index contributed by atoms with van der Waals surface area (Å²) in [5.41, 5.74) is 2.88. The lowest BCUT2D eigenvalue weighted by Crippen LogP contribution is -2.39. The van der Waals surface area contributed by atoms with Crippen molar-refractivity contribution < 1.29 is 8.81 Å². The largest absolute Gasteiger partial charge is 0.444 e. The zero-order chi connectivity index (χ0) is 18.9. The van der Waals surface area contributed by atoms with Crippen LogP contribution in [0.2, 0.25) is 0 Å². The van der Waals surface area contributed by atoms with E-state index in [0.717, 1.165) is 30.2 Å². The van der Waals surface area contributed by atoms with Crippen molar-refractivity contribution in [3.05, 3.63) is 77.9 Å². The van der Waals surface area contributed by atoms with Gasteiger partial charge in [-0.05, 0) is 36.2 Å². The number of nitrogens with zero attached hydrogens (tertiary/aromatic N) is 2. The van der Waals surface area contributed by atoms with Gasteiger partial charge in [0.2, 0.25) is 5.89 Å². The van der Waals surface area contributed by atoms with E-state index in [9.17, 15) is 4.39 Å². The summed E-state index contributed by atoms with van der Waals surface area (Å²) in [5, 5.41) is 6.57. The SMILES string of the molecule is CN=C(NCCc1ccccc1)NCCc1coc(-c2ccc(F)cc2)n1. The van der Waals surface area contributed by atoms with Crippen molar-refractivity contribution >= 4 is 5.96 Å². The van der Waals surface area contributed by atoms with Gasteiger partial charge in [-0.1, -0.05) is 30.3 Å². The summed E-state index contributed by atoms with van der Waals surface area (Å²) in [6.45, 7) is 1.49. The molecule has 0 spiro atoms. The molecule has 27 heavy (non-hydrogen) atoms. The van der Waals surface area contributed by atoms with E-state index in [1.165, 1.54) is 17.7 Å². The Labute approximate surface area is 158 Å². The summed E-state index contributed by atoms with van der Waals surface area (Å²) < 4.78 is 18.5. The maximum Gasteiger partial charge on any atom is 0.226 e. The summed E-state index contributed by atoms with van der Waals surface area (Å²) in [6.07, 6.45) is 3.27.